The van der Waals surface area contributed by atoms with Crippen LogP contribution in [0.2, 0.25) is 0 Å². The second-order valence-corrected chi connectivity index (χ2v) is 7.10. The average molecular weight is 367 g/mol. The van der Waals surface area contributed by atoms with E-state index < -0.39 is 0 Å². The predicted octanol–water partition coefficient (Wildman–Crippen LogP) is 1.62. The molecule has 2 unspecified atom stereocenters. The lowest BCUT2D eigenvalue weighted by molar-refractivity contribution is 0.0910. The summed E-state index contributed by atoms with van der Waals surface area (Å²) < 4.78 is 1.87. The fourth-order valence-corrected chi connectivity index (χ4v) is 3.71. The Kier molecular flexibility index (Phi) is 5.22. The Hall–Kier alpha value is -2.64. The number of aliphatic hydroxyl groups is 1. The molecular formula is C20H25N5O2. The standard InChI is InChI=1S/C20H25N5O2/c26-13-15(10-14-11-22-18-6-2-1-5-17(14)18)23-20(27)19-7-9-25(24-19)16-4-3-8-21-12-16/h1-2,5-7,9,11,15-16,21-22,26H,3-4,8,10,12-13H2,(H,23,27). The molecule has 0 saturated carbocycles. The number of carbonyl (C=O) groups is 1. The van der Waals surface area contributed by atoms with E-state index in [-0.39, 0.29) is 18.6 Å². The van der Waals surface area contributed by atoms with Gasteiger partial charge in [-0.1, -0.05) is 18.2 Å². The monoisotopic (exact) mass is 367 g/mol. The maximum atomic E-state index is 12.6. The maximum Gasteiger partial charge on any atom is 0.272 e. The van der Waals surface area contributed by atoms with Crippen molar-refractivity contribution in [1.29, 1.82) is 0 Å². The van der Waals surface area contributed by atoms with Crippen LogP contribution in [0.1, 0.15) is 34.9 Å². The molecule has 1 aromatic carbocycles. The van der Waals surface area contributed by atoms with Gasteiger partial charge >= 0.3 is 0 Å². The summed E-state index contributed by atoms with van der Waals surface area (Å²) in [6.07, 6.45) is 6.53. The molecule has 7 nitrogen and oxygen atoms in total. The molecule has 1 amide bonds. The Morgan fingerprint density at radius 3 is 3.07 bits per heavy atom. The summed E-state index contributed by atoms with van der Waals surface area (Å²) in [6, 6.07) is 9.68. The number of nitrogens with zero attached hydrogens (tertiary/aromatic N) is 2. The molecule has 3 aromatic rings. The Bertz CT molecular complexity index is 910. The van der Waals surface area contributed by atoms with Gasteiger partial charge in [-0.15, -0.1) is 0 Å². The highest BCUT2D eigenvalue weighted by Gasteiger charge is 2.20. The van der Waals surface area contributed by atoms with Crippen LogP contribution >= 0.6 is 0 Å². The van der Waals surface area contributed by atoms with Crippen molar-refractivity contribution in [1.82, 2.24) is 25.4 Å². The minimum absolute atomic E-state index is 0.126. The largest absolute Gasteiger partial charge is 0.394 e. The van der Waals surface area contributed by atoms with Crippen molar-refractivity contribution in [2.24, 2.45) is 0 Å². The number of nitrogens with one attached hydrogen (secondary N) is 3. The summed E-state index contributed by atoms with van der Waals surface area (Å²) in [5.41, 5.74) is 2.51. The van der Waals surface area contributed by atoms with E-state index in [9.17, 15) is 9.90 Å². The van der Waals surface area contributed by atoms with E-state index in [0.29, 0.717) is 18.2 Å². The van der Waals surface area contributed by atoms with Gasteiger partial charge in [0.25, 0.3) is 5.91 Å². The maximum absolute atomic E-state index is 12.6. The van der Waals surface area contributed by atoms with Gasteiger partial charge in [0.05, 0.1) is 18.7 Å². The van der Waals surface area contributed by atoms with E-state index in [1.54, 1.807) is 6.07 Å². The summed E-state index contributed by atoms with van der Waals surface area (Å²) in [6.45, 7) is 1.79. The zero-order valence-corrected chi connectivity index (χ0v) is 15.2. The minimum atomic E-state index is -0.363. The molecule has 27 heavy (non-hydrogen) atoms. The second-order valence-electron chi connectivity index (χ2n) is 7.10. The van der Waals surface area contributed by atoms with Crippen LogP contribution in [0.25, 0.3) is 10.9 Å². The van der Waals surface area contributed by atoms with Crippen LogP contribution in [0.5, 0.6) is 0 Å². The first-order valence-electron chi connectivity index (χ1n) is 9.47. The zero-order valence-electron chi connectivity index (χ0n) is 15.2. The lowest BCUT2D eigenvalue weighted by Crippen LogP contribution is -2.39. The van der Waals surface area contributed by atoms with E-state index >= 15 is 0 Å². The lowest BCUT2D eigenvalue weighted by Gasteiger charge is -2.23. The summed E-state index contributed by atoms with van der Waals surface area (Å²) >= 11 is 0. The molecule has 142 valence electrons. The van der Waals surface area contributed by atoms with Crippen LogP contribution in [0, 0.1) is 0 Å². The van der Waals surface area contributed by atoms with Crippen LogP contribution < -0.4 is 10.6 Å². The van der Waals surface area contributed by atoms with Crippen molar-refractivity contribution in [3.8, 4) is 0 Å². The Morgan fingerprint density at radius 1 is 1.37 bits per heavy atom. The first-order valence-corrected chi connectivity index (χ1v) is 9.47. The van der Waals surface area contributed by atoms with E-state index in [1.165, 1.54) is 0 Å². The lowest BCUT2D eigenvalue weighted by atomic mass is 10.1. The van der Waals surface area contributed by atoms with Gasteiger partial charge < -0.3 is 20.7 Å². The highest BCUT2D eigenvalue weighted by Crippen LogP contribution is 2.19. The first-order chi connectivity index (χ1) is 13.2. The molecule has 4 N–H and O–H groups in total. The van der Waals surface area contributed by atoms with Gasteiger partial charge in [0.1, 0.15) is 5.69 Å². The van der Waals surface area contributed by atoms with Crippen molar-refractivity contribution in [3.05, 3.63) is 54.0 Å². The number of aromatic amines is 1. The Labute approximate surface area is 157 Å². The van der Waals surface area contributed by atoms with E-state index in [0.717, 1.165) is 42.4 Å². The number of hydrogen-bond donors (Lipinski definition) is 4. The Balaban J connectivity index is 1.42. The number of aromatic nitrogens is 3. The number of benzene rings is 1. The van der Waals surface area contributed by atoms with Crippen molar-refractivity contribution in [2.45, 2.75) is 31.3 Å². The average Bonchev–Trinajstić information content (AvgIpc) is 3.36. The number of rotatable bonds is 6. The molecular weight excluding hydrogens is 342 g/mol. The number of amides is 1. The van der Waals surface area contributed by atoms with E-state index in [1.807, 2.05) is 41.3 Å². The van der Waals surface area contributed by atoms with Crippen LogP contribution in [0.3, 0.4) is 0 Å². The number of aliphatic hydroxyl groups excluding tert-OH is 1. The first kappa shape index (κ1) is 17.8. The van der Waals surface area contributed by atoms with Gasteiger partial charge in [0.2, 0.25) is 0 Å². The molecule has 0 spiro atoms. The van der Waals surface area contributed by atoms with Gasteiger partial charge in [0.15, 0.2) is 0 Å². The highest BCUT2D eigenvalue weighted by atomic mass is 16.3. The summed E-state index contributed by atoms with van der Waals surface area (Å²) in [7, 11) is 0. The number of piperidine rings is 1. The Morgan fingerprint density at radius 2 is 2.26 bits per heavy atom. The van der Waals surface area contributed by atoms with Crippen molar-refractivity contribution < 1.29 is 9.90 Å². The SMILES string of the molecule is O=C(NC(CO)Cc1c[nH]c2ccccc12)c1ccn(C2CCCNC2)n1. The quantitative estimate of drug-likeness (QED) is 0.532. The topological polar surface area (TPSA) is 95.0 Å². The molecule has 2 aromatic heterocycles. The highest BCUT2D eigenvalue weighted by molar-refractivity contribution is 5.92. The summed E-state index contributed by atoms with van der Waals surface area (Å²) in [4.78, 5) is 15.8. The molecule has 7 heteroatoms. The summed E-state index contributed by atoms with van der Waals surface area (Å²) in [5, 5.41) is 21.6. The second kappa shape index (κ2) is 7.94. The van der Waals surface area contributed by atoms with Crippen LogP contribution in [0.15, 0.2) is 42.7 Å². The predicted molar refractivity (Wildman–Crippen MR) is 104 cm³/mol. The molecule has 0 radical (unpaired) electrons. The van der Waals surface area contributed by atoms with Gasteiger partial charge in [-0.25, -0.2) is 0 Å². The summed E-state index contributed by atoms with van der Waals surface area (Å²) in [5.74, 6) is -0.253. The number of fused-ring (bicyclic) bond motifs is 1. The van der Waals surface area contributed by atoms with E-state index in [2.05, 4.69) is 20.7 Å². The molecule has 0 aliphatic carbocycles. The van der Waals surface area contributed by atoms with Crippen molar-refractivity contribution in [3.63, 3.8) is 0 Å². The number of H-pyrrole nitrogens is 1. The molecule has 0 bridgehead atoms. The number of hydrogen-bond acceptors (Lipinski definition) is 4. The fourth-order valence-electron chi connectivity index (χ4n) is 3.71. The molecule has 1 aliphatic heterocycles. The van der Waals surface area contributed by atoms with Gasteiger partial charge in [0, 0.05) is 29.8 Å². The molecule has 1 fully saturated rings. The minimum Gasteiger partial charge on any atom is -0.394 e. The van der Waals surface area contributed by atoms with Gasteiger partial charge in [-0.05, 0) is 43.5 Å². The molecule has 1 saturated heterocycles. The zero-order chi connectivity index (χ0) is 18.6. The van der Waals surface area contributed by atoms with Crippen molar-refractivity contribution >= 4 is 16.8 Å². The molecule has 3 heterocycles. The fraction of sp³-hybridized carbons (Fsp3) is 0.400. The van der Waals surface area contributed by atoms with Crippen molar-refractivity contribution in [2.75, 3.05) is 19.7 Å². The van der Waals surface area contributed by atoms with Crippen LogP contribution in [0.4, 0.5) is 0 Å². The normalized spacial score (nSPS) is 18.5. The third-order valence-electron chi connectivity index (χ3n) is 5.18. The van der Waals surface area contributed by atoms with Crippen LogP contribution in [-0.2, 0) is 6.42 Å². The smallest absolute Gasteiger partial charge is 0.272 e. The molecule has 4 rings (SSSR count). The third kappa shape index (κ3) is 3.89. The van der Waals surface area contributed by atoms with Gasteiger partial charge in [-0.2, -0.15) is 5.10 Å². The third-order valence-corrected chi connectivity index (χ3v) is 5.18. The van der Waals surface area contributed by atoms with Crippen LogP contribution in [-0.4, -0.2) is 51.5 Å². The van der Waals surface area contributed by atoms with E-state index in [4.69, 9.17) is 0 Å². The van der Waals surface area contributed by atoms with Gasteiger partial charge in [-0.3, -0.25) is 9.48 Å². The number of carbonyl (C=O) groups excluding carboxylic acids is 1. The molecule has 2 atom stereocenters. The number of para-hydroxylation sites is 1. The molecule has 1 aliphatic rings.